The number of benzene rings is 1. The fourth-order valence-electron chi connectivity index (χ4n) is 1.91. The molecule has 2 aromatic rings. The van der Waals surface area contributed by atoms with Crippen molar-refractivity contribution in [1.29, 1.82) is 0 Å². The standard InChI is InChI=1S/C14H14Cl2N2/c1-4-10-12(15)17-14(18-13(10)16)11-6-5-8(2)7-9(11)3/h5-7H,4H2,1-3H3. The molecule has 0 unspecified atom stereocenters. The van der Waals surface area contributed by atoms with E-state index < -0.39 is 0 Å². The summed E-state index contributed by atoms with van der Waals surface area (Å²) in [6.07, 6.45) is 0.727. The molecule has 0 fully saturated rings. The molecule has 1 heterocycles. The zero-order chi connectivity index (χ0) is 13.3. The van der Waals surface area contributed by atoms with Crippen LogP contribution in [-0.4, -0.2) is 9.97 Å². The molecule has 18 heavy (non-hydrogen) atoms. The van der Waals surface area contributed by atoms with Gasteiger partial charge in [-0.2, -0.15) is 0 Å². The first-order valence-electron chi connectivity index (χ1n) is 5.82. The summed E-state index contributed by atoms with van der Waals surface area (Å²) in [5.41, 5.74) is 4.09. The first-order valence-corrected chi connectivity index (χ1v) is 6.58. The van der Waals surface area contributed by atoms with Crippen molar-refractivity contribution in [2.45, 2.75) is 27.2 Å². The topological polar surface area (TPSA) is 25.8 Å². The molecule has 0 spiro atoms. The van der Waals surface area contributed by atoms with E-state index in [2.05, 4.69) is 23.0 Å². The third kappa shape index (κ3) is 2.50. The quantitative estimate of drug-likeness (QED) is 0.750. The fraction of sp³-hybridized carbons (Fsp3) is 0.286. The Kier molecular flexibility index (Phi) is 3.88. The minimum absolute atomic E-state index is 0.437. The minimum Gasteiger partial charge on any atom is -0.216 e. The number of rotatable bonds is 2. The monoisotopic (exact) mass is 280 g/mol. The highest BCUT2D eigenvalue weighted by Gasteiger charge is 2.12. The van der Waals surface area contributed by atoms with Crippen molar-refractivity contribution in [2.24, 2.45) is 0 Å². The molecule has 4 heteroatoms. The molecule has 2 nitrogen and oxygen atoms in total. The number of aromatic nitrogens is 2. The van der Waals surface area contributed by atoms with Crippen molar-refractivity contribution < 1.29 is 0 Å². The second kappa shape index (κ2) is 5.25. The lowest BCUT2D eigenvalue weighted by molar-refractivity contribution is 1.05. The first kappa shape index (κ1) is 13.3. The Bertz CT molecular complexity index is 571. The lowest BCUT2D eigenvalue weighted by Crippen LogP contribution is -1.98. The van der Waals surface area contributed by atoms with Gasteiger partial charge in [0.15, 0.2) is 5.82 Å². The number of nitrogens with zero attached hydrogens (tertiary/aromatic N) is 2. The van der Waals surface area contributed by atoms with Crippen molar-refractivity contribution in [2.75, 3.05) is 0 Å². The Balaban J connectivity index is 2.58. The van der Waals surface area contributed by atoms with Crippen LogP contribution in [0.5, 0.6) is 0 Å². The van der Waals surface area contributed by atoms with Crippen LogP contribution in [0, 0.1) is 13.8 Å². The number of hydrogen-bond acceptors (Lipinski definition) is 2. The minimum atomic E-state index is 0.437. The van der Waals surface area contributed by atoms with E-state index in [4.69, 9.17) is 23.2 Å². The van der Waals surface area contributed by atoms with Gasteiger partial charge in [-0.15, -0.1) is 0 Å². The SMILES string of the molecule is CCc1c(Cl)nc(-c2ccc(C)cc2C)nc1Cl. The van der Waals surface area contributed by atoms with Crippen molar-refractivity contribution in [1.82, 2.24) is 9.97 Å². The van der Waals surface area contributed by atoms with Gasteiger partial charge < -0.3 is 0 Å². The van der Waals surface area contributed by atoms with E-state index in [0.29, 0.717) is 16.1 Å². The summed E-state index contributed by atoms with van der Waals surface area (Å²) in [5, 5.41) is 0.875. The maximum absolute atomic E-state index is 6.13. The van der Waals surface area contributed by atoms with Crippen LogP contribution in [0.2, 0.25) is 10.3 Å². The fourth-order valence-corrected chi connectivity index (χ4v) is 2.56. The Morgan fingerprint density at radius 2 is 1.67 bits per heavy atom. The Hall–Kier alpha value is -1.12. The number of aryl methyl sites for hydroxylation is 2. The predicted octanol–water partition coefficient (Wildman–Crippen LogP) is 4.63. The van der Waals surface area contributed by atoms with Crippen LogP contribution in [0.4, 0.5) is 0 Å². The highest BCUT2D eigenvalue weighted by molar-refractivity contribution is 6.34. The molecule has 0 amide bonds. The summed E-state index contributed by atoms with van der Waals surface area (Å²) in [5.74, 6) is 0.583. The molecule has 94 valence electrons. The maximum atomic E-state index is 6.13. The zero-order valence-electron chi connectivity index (χ0n) is 10.6. The molecule has 0 aliphatic rings. The molecule has 0 radical (unpaired) electrons. The van der Waals surface area contributed by atoms with Crippen LogP contribution < -0.4 is 0 Å². The Labute approximate surface area is 117 Å². The third-order valence-corrected chi connectivity index (χ3v) is 3.51. The predicted molar refractivity (Wildman–Crippen MR) is 76.3 cm³/mol. The molecule has 0 aliphatic heterocycles. The molecule has 0 saturated heterocycles. The molecule has 0 N–H and O–H groups in total. The lowest BCUT2D eigenvalue weighted by atomic mass is 10.1. The van der Waals surface area contributed by atoms with Gasteiger partial charge in [-0.1, -0.05) is 53.9 Å². The van der Waals surface area contributed by atoms with Gasteiger partial charge in [-0.05, 0) is 25.8 Å². The van der Waals surface area contributed by atoms with Gasteiger partial charge in [-0.25, -0.2) is 9.97 Å². The molecule has 0 saturated carbocycles. The van der Waals surface area contributed by atoms with E-state index in [9.17, 15) is 0 Å². The van der Waals surface area contributed by atoms with Crippen LogP contribution in [0.1, 0.15) is 23.6 Å². The summed E-state index contributed by atoms with van der Waals surface area (Å²) in [6, 6.07) is 6.12. The average Bonchev–Trinajstić information content (AvgIpc) is 2.28. The van der Waals surface area contributed by atoms with Gasteiger partial charge in [0.2, 0.25) is 0 Å². The van der Waals surface area contributed by atoms with Crippen molar-refractivity contribution in [3.05, 3.63) is 45.2 Å². The van der Waals surface area contributed by atoms with Gasteiger partial charge in [0.1, 0.15) is 10.3 Å². The van der Waals surface area contributed by atoms with Crippen LogP contribution in [0.3, 0.4) is 0 Å². The average molecular weight is 281 g/mol. The largest absolute Gasteiger partial charge is 0.216 e. The van der Waals surface area contributed by atoms with E-state index in [-0.39, 0.29) is 0 Å². The van der Waals surface area contributed by atoms with Crippen LogP contribution >= 0.6 is 23.2 Å². The molecular formula is C14H14Cl2N2. The number of halogens is 2. The van der Waals surface area contributed by atoms with Crippen molar-refractivity contribution >= 4 is 23.2 Å². The lowest BCUT2D eigenvalue weighted by Gasteiger charge is -2.09. The van der Waals surface area contributed by atoms with Crippen molar-refractivity contribution in [3.63, 3.8) is 0 Å². The van der Waals surface area contributed by atoms with Crippen LogP contribution in [0.15, 0.2) is 18.2 Å². The molecule has 0 aliphatic carbocycles. The van der Waals surface area contributed by atoms with E-state index >= 15 is 0 Å². The molecule has 2 rings (SSSR count). The molecular weight excluding hydrogens is 267 g/mol. The van der Waals surface area contributed by atoms with Crippen LogP contribution in [0.25, 0.3) is 11.4 Å². The zero-order valence-corrected chi connectivity index (χ0v) is 12.1. The van der Waals surface area contributed by atoms with Gasteiger partial charge in [0.25, 0.3) is 0 Å². The molecule has 0 bridgehead atoms. The van der Waals surface area contributed by atoms with Gasteiger partial charge in [0.05, 0.1) is 0 Å². The summed E-state index contributed by atoms with van der Waals surface area (Å²) in [7, 11) is 0. The molecule has 1 aromatic carbocycles. The summed E-state index contributed by atoms with van der Waals surface area (Å²) in [4.78, 5) is 8.67. The van der Waals surface area contributed by atoms with Gasteiger partial charge in [-0.3, -0.25) is 0 Å². The number of hydrogen-bond donors (Lipinski definition) is 0. The first-order chi connectivity index (χ1) is 8.52. The van der Waals surface area contributed by atoms with E-state index in [0.717, 1.165) is 23.1 Å². The van der Waals surface area contributed by atoms with Crippen LogP contribution in [-0.2, 0) is 6.42 Å². The normalized spacial score (nSPS) is 10.7. The smallest absolute Gasteiger partial charge is 0.162 e. The second-order valence-electron chi connectivity index (χ2n) is 4.28. The van der Waals surface area contributed by atoms with Gasteiger partial charge in [0, 0.05) is 11.1 Å². The highest BCUT2D eigenvalue weighted by Crippen LogP contribution is 2.27. The molecule has 1 aromatic heterocycles. The summed E-state index contributed by atoms with van der Waals surface area (Å²) in [6.45, 7) is 6.06. The van der Waals surface area contributed by atoms with E-state index in [1.165, 1.54) is 5.56 Å². The molecule has 0 atom stereocenters. The van der Waals surface area contributed by atoms with Gasteiger partial charge >= 0.3 is 0 Å². The third-order valence-electron chi connectivity index (χ3n) is 2.88. The maximum Gasteiger partial charge on any atom is 0.162 e. The van der Waals surface area contributed by atoms with E-state index in [1.54, 1.807) is 0 Å². The summed E-state index contributed by atoms with van der Waals surface area (Å²) >= 11 is 12.3. The Morgan fingerprint density at radius 1 is 1.06 bits per heavy atom. The van der Waals surface area contributed by atoms with E-state index in [1.807, 2.05) is 26.0 Å². The Morgan fingerprint density at radius 3 is 2.17 bits per heavy atom. The summed E-state index contributed by atoms with van der Waals surface area (Å²) < 4.78 is 0. The van der Waals surface area contributed by atoms with Crippen molar-refractivity contribution in [3.8, 4) is 11.4 Å². The second-order valence-corrected chi connectivity index (χ2v) is 5.00. The highest BCUT2D eigenvalue weighted by atomic mass is 35.5.